The second-order valence-electron chi connectivity index (χ2n) is 7.49. The molecule has 0 saturated heterocycles. The molecule has 4 rings (SSSR count). The van der Waals surface area contributed by atoms with E-state index in [0.717, 1.165) is 6.07 Å². The molecule has 1 heterocycles. The SMILES string of the molecule is CCOc1cc(/C=C2\N=C(c3ccccc3Cl)OC2=O)ccc1Oc1ccc(C(F)(F)F)cc1[N+](=O)[O-]. The molecule has 0 N–H and O–H groups in total. The number of carbonyl (C=O) groups excluding carboxylic acids is 1. The van der Waals surface area contributed by atoms with Gasteiger partial charge in [-0.05, 0) is 55.0 Å². The predicted octanol–water partition coefficient (Wildman–Crippen LogP) is 6.80. The van der Waals surface area contributed by atoms with Crippen molar-refractivity contribution in [1.82, 2.24) is 0 Å². The van der Waals surface area contributed by atoms with Crippen LogP contribution in [0.2, 0.25) is 5.02 Å². The summed E-state index contributed by atoms with van der Waals surface area (Å²) in [4.78, 5) is 27.0. The van der Waals surface area contributed by atoms with Gasteiger partial charge in [-0.2, -0.15) is 13.2 Å². The topological polar surface area (TPSA) is 100 Å². The summed E-state index contributed by atoms with van der Waals surface area (Å²) < 4.78 is 55.3. The van der Waals surface area contributed by atoms with Gasteiger partial charge in [-0.1, -0.05) is 29.8 Å². The molecular formula is C25H16ClF3N2O6. The van der Waals surface area contributed by atoms with Gasteiger partial charge < -0.3 is 14.2 Å². The normalized spacial score (nSPS) is 14.4. The number of carbonyl (C=O) groups is 1. The minimum atomic E-state index is -4.76. The number of ether oxygens (including phenoxy) is 3. The molecule has 0 fully saturated rings. The molecule has 0 atom stereocenters. The van der Waals surface area contributed by atoms with Gasteiger partial charge in [0.25, 0.3) is 0 Å². The first kappa shape index (κ1) is 25.7. The fourth-order valence-corrected chi connectivity index (χ4v) is 3.54. The fraction of sp³-hybridized carbons (Fsp3) is 0.120. The van der Waals surface area contributed by atoms with Gasteiger partial charge in [-0.25, -0.2) is 9.79 Å². The van der Waals surface area contributed by atoms with Crippen LogP contribution in [0.4, 0.5) is 18.9 Å². The lowest BCUT2D eigenvalue weighted by molar-refractivity contribution is -0.385. The molecule has 0 spiro atoms. The van der Waals surface area contributed by atoms with Crippen LogP contribution in [-0.4, -0.2) is 23.4 Å². The lowest BCUT2D eigenvalue weighted by atomic mass is 10.1. The van der Waals surface area contributed by atoms with E-state index < -0.39 is 34.1 Å². The quantitative estimate of drug-likeness (QED) is 0.143. The third-order valence-electron chi connectivity index (χ3n) is 5.00. The Morgan fingerprint density at radius 1 is 1.08 bits per heavy atom. The molecule has 12 heteroatoms. The first-order valence-corrected chi connectivity index (χ1v) is 11.0. The molecule has 190 valence electrons. The Kier molecular flexibility index (Phi) is 7.16. The predicted molar refractivity (Wildman–Crippen MR) is 128 cm³/mol. The Morgan fingerprint density at radius 2 is 1.81 bits per heavy atom. The van der Waals surface area contributed by atoms with Crippen molar-refractivity contribution in [3.05, 3.63) is 98.2 Å². The van der Waals surface area contributed by atoms with Gasteiger partial charge in [0.1, 0.15) is 0 Å². The number of hydrogen-bond acceptors (Lipinski definition) is 7. The van der Waals surface area contributed by atoms with Crippen LogP contribution in [0.5, 0.6) is 17.2 Å². The van der Waals surface area contributed by atoms with Gasteiger partial charge in [0.05, 0.1) is 27.7 Å². The number of cyclic esters (lactones) is 1. The van der Waals surface area contributed by atoms with Crippen molar-refractivity contribution in [1.29, 1.82) is 0 Å². The smallest absolute Gasteiger partial charge is 0.416 e. The van der Waals surface area contributed by atoms with Crippen molar-refractivity contribution >= 4 is 35.2 Å². The Balaban J connectivity index is 1.66. The number of aliphatic imine (C=N–C) groups is 1. The molecule has 1 aliphatic rings. The van der Waals surface area contributed by atoms with E-state index in [2.05, 4.69) is 4.99 Å². The molecule has 0 aliphatic carbocycles. The van der Waals surface area contributed by atoms with E-state index in [1.807, 2.05) is 0 Å². The maximum atomic E-state index is 13.0. The van der Waals surface area contributed by atoms with Crippen molar-refractivity contribution in [2.75, 3.05) is 6.61 Å². The van der Waals surface area contributed by atoms with Gasteiger partial charge in [0.2, 0.25) is 11.6 Å². The zero-order valence-corrected chi connectivity index (χ0v) is 19.7. The molecule has 0 radical (unpaired) electrons. The van der Waals surface area contributed by atoms with Crippen LogP contribution in [0.15, 0.2) is 71.4 Å². The number of nitro groups is 1. The highest BCUT2D eigenvalue weighted by atomic mass is 35.5. The molecule has 0 saturated carbocycles. The van der Waals surface area contributed by atoms with E-state index in [1.165, 1.54) is 24.3 Å². The number of alkyl halides is 3. The average Bonchev–Trinajstić information content (AvgIpc) is 3.20. The van der Waals surface area contributed by atoms with Crippen LogP contribution < -0.4 is 9.47 Å². The molecule has 3 aromatic rings. The summed E-state index contributed by atoms with van der Waals surface area (Å²) in [5.74, 6) is -0.915. The van der Waals surface area contributed by atoms with Crippen LogP contribution >= 0.6 is 11.6 Å². The first-order valence-electron chi connectivity index (χ1n) is 10.6. The Hall–Kier alpha value is -4.38. The van der Waals surface area contributed by atoms with E-state index in [0.29, 0.717) is 28.3 Å². The Bertz CT molecular complexity index is 1450. The Labute approximate surface area is 212 Å². The van der Waals surface area contributed by atoms with E-state index in [4.69, 9.17) is 25.8 Å². The molecule has 0 bridgehead atoms. The summed E-state index contributed by atoms with van der Waals surface area (Å²) in [6.45, 7) is 1.87. The second-order valence-corrected chi connectivity index (χ2v) is 7.90. The van der Waals surface area contributed by atoms with Gasteiger partial charge >= 0.3 is 17.8 Å². The molecule has 0 aromatic heterocycles. The summed E-state index contributed by atoms with van der Waals surface area (Å²) in [6.07, 6.45) is -3.33. The van der Waals surface area contributed by atoms with Crippen molar-refractivity contribution in [3.63, 3.8) is 0 Å². The summed E-state index contributed by atoms with van der Waals surface area (Å²) in [7, 11) is 0. The van der Waals surface area contributed by atoms with Crippen LogP contribution in [0.25, 0.3) is 6.08 Å². The standard InChI is InChI=1S/C25H16ClF3N2O6/c1-2-35-22-12-14(11-18-24(32)37-23(30-18)16-5-3-4-6-17(16)26)7-9-21(22)36-20-10-8-15(25(27,28)29)13-19(20)31(33)34/h3-13H,2H2,1H3/b18-11-. The summed E-state index contributed by atoms with van der Waals surface area (Å²) in [5.41, 5.74) is -1.16. The molecule has 0 unspecified atom stereocenters. The lowest BCUT2D eigenvalue weighted by Crippen LogP contribution is -2.06. The summed E-state index contributed by atoms with van der Waals surface area (Å²) >= 11 is 6.14. The van der Waals surface area contributed by atoms with Crippen LogP contribution in [0, 0.1) is 10.1 Å². The highest BCUT2D eigenvalue weighted by Crippen LogP contribution is 2.40. The third kappa shape index (κ3) is 5.72. The summed E-state index contributed by atoms with van der Waals surface area (Å²) in [6, 6.07) is 13.1. The molecule has 1 aliphatic heterocycles. The summed E-state index contributed by atoms with van der Waals surface area (Å²) in [5, 5.41) is 11.7. The number of nitro benzene ring substituents is 1. The highest BCUT2D eigenvalue weighted by Gasteiger charge is 2.33. The van der Waals surface area contributed by atoms with Crippen LogP contribution in [0.1, 0.15) is 23.6 Å². The van der Waals surface area contributed by atoms with E-state index >= 15 is 0 Å². The van der Waals surface area contributed by atoms with Gasteiger partial charge in [0, 0.05) is 6.07 Å². The van der Waals surface area contributed by atoms with Crippen molar-refractivity contribution in [2.45, 2.75) is 13.1 Å². The molecule has 8 nitrogen and oxygen atoms in total. The highest BCUT2D eigenvalue weighted by molar-refractivity contribution is 6.34. The zero-order chi connectivity index (χ0) is 26.7. The second kappa shape index (κ2) is 10.3. The maximum Gasteiger partial charge on any atom is 0.416 e. The number of nitrogens with zero attached hydrogens (tertiary/aromatic N) is 2. The van der Waals surface area contributed by atoms with Crippen molar-refractivity contribution in [3.8, 4) is 17.2 Å². The van der Waals surface area contributed by atoms with E-state index in [1.54, 1.807) is 31.2 Å². The lowest BCUT2D eigenvalue weighted by Gasteiger charge is -2.13. The molecular weight excluding hydrogens is 517 g/mol. The molecule has 0 amide bonds. The fourth-order valence-electron chi connectivity index (χ4n) is 3.33. The monoisotopic (exact) mass is 532 g/mol. The number of rotatable bonds is 7. The number of halogens is 4. The van der Waals surface area contributed by atoms with E-state index in [-0.39, 0.29) is 29.7 Å². The molecule has 37 heavy (non-hydrogen) atoms. The minimum Gasteiger partial charge on any atom is -0.490 e. The first-order chi connectivity index (χ1) is 17.6. The maximum absolute atomic E-state index is 13.0. The number of hydrogen-bond donors (Lipinski definition) is 0. The van der Waals surface area contributed by atoms with E-state index in [9.17, 15) is 28.1 Å². The van der Waals surface area contributed by atoms with Gasteiger partial charge in [-0.3, -0.25) is 10.1 Å². The number of benzene rings is 3. The van der Waals surface area contributed by atoms with Crippen LogP contribution in [-0.2, 0) is 15.7 Å². The van der Waals surface area contributed by atoms with Gasteiger partial charge in [0.15, 0.2) is 17.2 Å². The van der Waals surface area contributed by atoms with Crippen molar-refractivity contribution in [2.24, 2.45) is 4.99 Å². The average molecular weight is 533 g/mol. The zero-order valence-electron chi connectivity index (χ0n) is 18.9. The largest absolute Gasteiger partial charge is 0.490 e. The van der Waals surface area contributed by atoms with Crippen molar-refractivity contribution < 1.29 is 37.1 Å². The minimum absolute atomic E-state index is 0.00980. The van der Waals surface area contributed by atoms with Crippen LogP contribution in [0.3, 0.4) is 0 Å². The Morgan fingerprint density at radius 3 is 2.49 bits per heavy atom. The third-order valence-corrected chi connectivity index (χ3v) is 5.33. The van der Waals surface area contributed by atoms with Gasteiger partial charge in [-0.15, -0.1) is 0 Å². The molecule has 3 aromatic carbocycles. The number of esters is 1.